The van der Waals surface area contributed by atoms with E-state index in [9.17, 15) is 0 Å². The molecule has 29 heavy (non-hydrogen) atoms. The first-order valence-electron chi connectivity index (χ1n) is 8.82. The van der Waals surface area contributed by atoms with Gasteiger partial charge in [0.15, 0.2) is 0 Å². The summed E-state index contributed by atoms with van der Waals surface area (Å²) in [6, 6.07) is 29.3. The van der Waals surface area contributed by atoms with Gasteiger partial charge in [0.1, 0.15) is 0 Å². The average Bonchev–Trinajstić information content (AvgIpc) is 2.80. The second-order valence-corrected chi connectivity index (χ2v) is 6.31. The molecular weight excluding hydrogens is 465 g/mol. The van der Waals surface area contributed by atoms with E-state index in [0.717, 1.165) is 21.8 Å². The number of fused-ring (bicyclic) bond motifs is 3. The molecule has 0 aliphatic carbocycles. The van der Waals surface area contributed by atoms with Gasteiger partial charge in [0.05, 0.1) is 11.0 Å². The number of aromatic nitrogens is 2. The number of nitrogens with zero attached hydrogens (tertiary/aromatic N) is 2. The predicted molar refractivity (Wildman–Crippen MR) is 120 cm³/mol. The van der Waals surface area contributed by atoms with Gasteiger partial charge < -0.3 is 7.43 Å². The molecule has 0 amide bonds. The zero-order valence-electron chi connectivity index (χ0n) is 15.9. The van der Waals surface area contributed by atoms with E-state index in [-0.39, 0.29) is 7.43 Å². The van der Waals surface area contributed by atoms with Crippen molar-refractivity contribution in [2.24, 2.45) is 0 Å². The molecule has 0 saturated heterocycles. The molecular formula is C25H19ClN2Ru. The number of hydrogen-bond acceptors (Lipinski definition) is 2. The number of benzene rings is 3. The van der Waals surface area contributed by atoms with Gasteiger partial charge in [-0.1, -0.05) is 72.8 Å². The van der Waals surface area contributed by atoms with Crippen LogP contribution in [0.5, 0.6) is 0 Å². The topological polar surface area (TPSA) is 25.8 Å². The maximum absolute atomic E-state index is 4.67. The number of halogens is 1. The standard InChI is InChI=1S/C24H16N2.CH3.ClH.Ru/c1-3-7-17(8-4-1)19-13-15-25-23-21(19)11-12-22-20(14-16-26-24(22)23)18-9-5-2-6-10-18;;;/h1-16H;1H3;1H;/q;-1;;+2/p-1. The van der Waals surface area contributed by atoms with Crippen LogP contribution in [0.3, 0.4) is 0 Å². The van der Waals surface area contributed by atoms with Crippen LogP contribution in [-0.2, 0) is 17.3 Å². The molecule has 0 unspecified atom stereocenters. The van der Waals surface area contributed by atoms with Gasteiger partial charge in [0.25, 0.3) is 0 Å². The molecule has 2 nitrogen and oxygen atoms in total. The minimum absolute atomic E-state index is 0. The Balaban J connectivity index is 0.000000778. The van der Waals surface area contributed by atoms with E-state index in [1.807, 2.05) is 41.8 Å². The van der Waals surface area contributed by atoms with Crippen molar-refractivity contribution in [1.82, 2.24) is 9.97 Å². The Morgan fingerprint density at radius 2 is 0.897 bits per heavy atom. The Morgan fingerprint density at radius 3 is 1.28 bits per heavy atom. The van der Waals surface area contributed by atoms with Crippen molar-refractivity contribution in [1.29, 1.82) is 0 Å². The SMILES string of the molecule is [CH3-].[Cl][Ru+].c1ccc(-c2ccnc3c2ccc2c(-c4ccccc4)ccnc23)cc1. The molecule has 0 aliphatic rings. The fraction of sp³-hybridized carbons (Fsp3) is 0. The Labute approximate surface area is 185 Å². The molecule has 4 heteroatoms. The van der Waals surface area contributed by atoms with Crippen molar-refractivity contribution in [3.63, 3.8) is 0 Å². The van der Waals surface area contributed by atoms with Crippen molar-refractivity contribution in [2.45, 2.75) is 0 Å². The predicted octanol–water partition coefficient (Wildman–Crippen LogP) is 7.25. The first-order chi connectivity index (χ1) is 13.9. The van der Waals surface area contributed by atoms with E-state index in [1.54, 1.807) is 0 Å². The van der Waals surface area contributed by atoms with E-state index in [0.29, 0.717) is 0 Å². The number of hydrogen-bond donors (Lipinski definition) is 0. The summed E-state index contributed by atoms with van der Waals surface area (Å²) in [6.45, 7) is 0. The van der Waals surface area contributed by atoms with Crippen LogP contribution in [0.2, 0.25) is 0 Å². The summed E-state index contributed by atoms with van der Waals surface area (Å²) >= 11 is 1.82. The summed E-state index contributed by atoms with van der Waals surface area (Å²) < 4.78 is 0. The van der Waals surface area contributed by atoms with Crippen LogP contribution < -0.4 is 0 Å². The van der Waals surface area contributed by atoms with Gasteiger partial charge in [0, 0.05) is 23.2 Å². The zero-order valence-corrected chi connectivity index (χ0v) is 18.4. The maximum Gasteiger partial charge on any atom is 0.0970 e. The summed E-state index contributed by atoms with van der Waals surface area (Å²) in [4.78, 5) is 9.34. The number of rotatable bonds is 2. The molecule has 2 heterocycles. The third-order valence-corrected chi connectivity index (χ3v) is 4.79. The first kappa shape index (κ1) is 21.1. The molecule has 0 atom stereocenters. The fourth-order valence-electron chi connectivity index (χ4n) is 3.57. The maximum atomic E-state index is 4.67. The summed E-state index contributed by atoms with van der Waals surface area (Å²) in [5.74, 6) is 0. The summed E-state index contributed by atoms with van der Waals surface area (Å²) in [5.41, 5.74) is 6.65. The van der Waals surface area contributed by atoms with Crippen LogP contribution in [0.4, 0.5) is 0 Å². The van der Waals surface area contributed by atoms with Crippen LogP contribution in [0.15, 0.2) is 97.3 Å². The molecule has 5 rings (SSSR count). The van der Waals surface area contributed by atoms with Gasteiger partial charge in [-0.15, -0.1) is 0 Å². The summed E-state index contributed by atoms with van der Waals surface area (Å²) in [6.07, 6.45) is 3.75. The van der Waals surface area contributed by atoms with Crippen molar-refractivity contribution in [2.75, 3.05) is 0 Å². The molecule has 0 spiro atoms. The quantitative estimate of drug-likeness (QED) is 0.150. The van der Waals surface area contributed by atoms with Crippen molar-refractivity contribution in [3.05, 3.63) is 105 Å². The van der Waals surface area contributed by atoms with Gasteiger partial charge >= 0.3 is 27.0 Å². The Hall–Kier alpha value is -2.61. The summed E-state index contributed by atoms with van der Waals surface area (Å²) in [7, 11) is 4.57. The first-order valence-corrected chi connectivity index (χ1v) is 11.1. The van der Waals surface area contributed by atoms with E-state index >= 15 is 0 Å². The summed E-state index contributed by atoms with van der Waals surface area (Å²) in [5, 5.41) is 2.26. The van der Waals surface area contributed by atoms with Crippen LogP contribution in [-0.4, -0.2) is 9.97 Å². The Morgan fingerprint density at radius 1 is 0.517 bits per heavy atom. The van der Waals surface area contributed by atoms with Crippen LogP contribution in [0.1, 0.15) is 0 Å². The molecule has 3 aromatic carbocycles. The molecule has 0 radical (unpaired) electrons. The zero-order chi connectivity index (χ0) is 19.3. The molecule has 0 N–H and O–H groups in total. The van der Waals surface area contributed by atoms with E-state index in [4.69, 9.17) is 0 Å². The van der Waals surface area contributed by atoms with Gasteiger partial charge in [0.2, 0.25) is 0 Å². The molecule has 5 aromatic rings. The minimum Gasteiger partial charge on any atom is -0.254 e. The number of pyridine rings is 2. The monoisotopic (exact) mass is 484 g/mol. The van der Waals surface area contributed by atoms with Gasteiger partial charge in [-0.25, -0.2) is 0 Å². The van der Waals surface area contributed by atoms with E-state index in [1.165, 1.54) is 22.3 Å². The van der Waals surface area contributed by atoms with Gasteiger partial charge in [-0.3, -0.25) is 9.97 Å². The van der Waals surface area contributed by atoms with Gasteiger partial charge in [-0.2, -0.15) is 0 Å². The van der Waals surface area contributed by atoms with Crippen LogP contribution in [0.25, 0.3) is 44.1 Å². The van der Waals surface area contributed by atoms with Crippen LogP contribution >= 0.6 is 9.69 Å². The average molecular weight is 484 g/mol. The third-order valence-electron chi connectivity index (χ3n) is 4.79. The molecule has 0 fully saturated rings. The van der Waals surface area contributed by atoms with E-state index < -0.39 is 0 Å². The third kappa shape index (κ3) is 4.08. The van der Waals surface area contributed by atoms with Crippen molar-refractivity contribution >= 4 is 31.5 Å². The Bertz CT molecular complexity index is 1130. The smallest absolute Gasteiger partial charge is 0.0970 e. The largest absolute Gasteiger partial charge is 0.254 e. The second kappa shape index (κ2) is 9.74. The fourth-order valence-corrected chi connectivity index (χ4v) is 3.57. The molecule has 2 aromatic heterocycles. The Kier molecular flexibility index (Phi) is 7.09. The second-order valence-electron chi connectivity index (χ2n) is 6.31. The molecule has 0 bridgehead atoms. The van der Waals surface area contributed by atoms with Gasteiger partial charge in [-0.05, 0) is 34.4 Å². The molecule has 0 saturated carbocycles. The normalized spacial score (nSPS) is 10.1. The van der Waals surface area contributed by atoms with Crippen molar-refractivity contribution < 1.29 is 17.3 Å². The minimum atomic E-state index is 0. The molecule has 144 valence electrons. The van der Waals surface area contributed by atoms with Crippen molar-refractivity contribution in [3.8, 4) is 22.3 Å². The van der Waals surface area contributed by atoms with Crippen LogP contribution in [0, 0.1) is 7.43 Å². The molecule has 0 aliphatic heterocycles. The van der Waals surface area contributed by atoms with E-state index in [2.05, 4.69) is 92.5 Å².